The summed E-state index contributed by atoms with van der Waals surface area (Å²) in [5, 5.41) is 0.156. The summed E-state index contributed by atoms with van der Waals surface area (Å²) in [6, 6.07) is 5.18. The van der Waals surface area contributed by atoms with Crippen molar-refractivity contribution in [1.29, 1.82) is 0 Å². The van der Waals surface area contributed by atoms with Gasteiger partial charge in [-0.05, 0) is 37.5 Å². The second-order valence-electron chi connectivity index (χ2n) is 6.06. The van der Waals surface area contributed by atoms with Crippen molar-refractivity contribution in [2.75, 3.05) is 6.61 Å². The predicted molar refractivity (Wildman–Crippen MR) is 90.4 cm³/mol. The molecular weight excluding hydrogens is 355 g/mol. The molecule has 2 N–H and O–H groups in total. The molecule has 25 heavy (non-hydrogen) atoms. The van der Waals surface area contributed by atoms with Crippen molar-refractivity contribution >= 4 is 11.6 Å². The van der Waals surface area contributed by atoms with E-state index in [-0.39, 0.29) is 35.0 Å². The van der Waals surface area contributed by atoms with E-state index in [4.69, 9.17) is 22.1 Å². The first kappa shape index (κ1) is 19.5. The van der Waals surface area contributed by atoms with Crippen molar-refractivity contribution in [2.24, 2.45) is 11.7 Å². The van der Waals surface area contributed by atoms with E-state index in [1.165, 1.54) is 24.5 Å². The normalized spacial score (nSPS) is 14.2. The second kappa shape index (κ2) is 8.01. The van der Waals surface area contributed by atoms with Crippen LogP contribution >= 0.6 is 11.6 Å². The molecule has 0 spiro atoms. The van der Waals surface area contributed by atoms with Gasteiger partial charge in [0.2, 0.25) is 0 Å². The number of ether oxygens (including phenoxy) is 1. The standard InChI is InChI=1S/C17H19ClF3N3O/c1-10(5-11(2)22)8-25-15-4-3-12(6-13(15)17(19,20)21)14-7-16(18)24-9-23-14/h3-4,6-7,9-11H,5,8,22H2,1-2H3. The van der Waals surface area contributed by atoms with Crippen LogP contribution in [0.2, 0.25) is 5.15 Å². The third kappa shape index (κ3) is 5.57. The van der Waals surface area contributed by atoms with Crippen LogP contribution in [0.3, 0.4) is 0 Å². The topological polar surface area (TPSA) is 61.0 Å². The molecule has 0 aliphatic carbocycles. The first-order valence-corrected chi connectivity index (χ1v) is 8.12. The predicted octanol–water partition coefficient (Wildman–Crippen LogP) is 4.57. The lowest BCUT2D eigenvalue weighted by Gasteiger charge is -2.18. The van der Waals surface area contributed by atoms with E-state index in [1.54, 1.807) is 0 Å². The van der Waals surface area contributed by atoms with Gasteiger partial charge in [-0.1, -0.05) is 18.5 Å². The van der Waals surface area contributed by atoms with Gasteiger partial charge < -0.3 is 10.5 Å². The molecule has 0 saturated carbocycles. The van der Waals surface area contributed by atoms with Gasteiger partial charge in [0.1, 0.15) is 17.2 Å². The average molecular weight is 374 g/mol. The zero-order valence-corrected chi connectivity index (χ0v) is 14.6. The van der Waals surface area contributed by atoms with Crippen molar-refractivity contribution in [1.82, 2.24) is 9.97 Å². The van der Waals surface area contributed by atoms with Gasteiger partial charge >= 0.3 is 6.18 Å². The molecule has 2 aromatic rings. The molecule has 2 atom stereocenters. The van der Waals surface area contributed by atoms with Gasteiger partial charge in [0.25, 0.3) is 0 Å². The minimum atomic E-state index is -4.55. The fourth-order valence-electron chi connectivity index (χ4n) is 2.46. The maximum atomic E-state index is 13.4. The third-order valence-electron chi connectivity index (χ3n) is 3.51. The summed E-state index contributed by atoms with van der Waals surface area (Å²) in [6.45, 7) is 3.89. The highest BCUT2D eigenvalue weighted by Gasteiger charge is 2.35. The molecule has 8 heteroatoms. The first-order chi connectivity index (χ1) is 11.7. The van der Waals surface area contributed by atoms with Crippen LogP contribution in [0.5, 0.6) is 5.75 Å². The highest BCUT2D eigenvalue weighted by molar-refractivity contribution is 6.29. The van der Waals surface area contributed by atoms with Crippen molar-refractivity contribution in [2.45, 2.75) is 32.5 Å². The Balaban J connectivity index is 2.29. The number of benzene rings is 1. The van der Waals surface area contributed by atoms with Crippen LogP contribution in [0.25, 0.3) is 11.3 Å². The molecule has 0 bridgehead atoms. The lowest BCUT2D eigenvalue weighted by molar-refractivity contribution is -0.139. The van der Waals surface area contributed by atoms with Crippen molar-refractivity contribution in [3.8, 4) is 17.0 Å². The van der Waals surface area contributed by atoms with Crippen LogP contribution in [-0.4, -0.2) is 22.6 Å². The van der Waals surface area contributed by atoms with Crippen LogP contribution in [-0.2, 0) is 6.18 Å². The molecule has 1 aromatic heterocycles. The Bertz CT molecular complexity index is 723. The summed E-state index contributed by atoms with van der Waals surface area (Å²) in [4.78, 5) is 7.68. The zero-order chi connectivity index (χ0) is 18.6. The molecule has 2 unspecified atom stereocenters. The fraction of sp³-hybridized carbons (Fsp3) is 0.412. The molecule has 0 aliphatic rings. The Morgan fingerprint density at radius 3 is 2.52 bits per heavy atom. The number of alkyl halides is 3. The fourth-order valence-corrected chi connectivity index (χ4v) is 2.61. The van der Waals surface area contributed by atoms with E-state index in [1.807, 2.05) is 13.8 Å². The van der Waals surface area contributed by atoms with Gasteiger partial charge in [-0.3, -0.25) is 0 Å². The summed E-state index contributed by atoms with van der Waals surface area (Å²) in [5.74, 6) is -0.172. The van der Waals surface area contributed by atoms with E-state index in [9.17, 15) is 13.2 Å². The maximum Gasteiger partial charge on any atom is 0.419 e. The SMILES string of the molecule is CC(N)CC(C)COc1ccc(-c2cc(Cl)ncn2)cc1C(F)(F)F. The van der Waals surface area contributed by atoms with E-state index in [0.717, 1.165) is 6.07 Å². The number of aromatic nitrogens is 2. The molecule has 4 nitrogen and oxygen atoms in total. The number of nitrogens with zero attached hydrogens (tertiary/aromatic N) is 2. The van der Waals surface area contributed by atoms with Gasteiger partial charge in [0, 0.05) is 17.7 Å². The van der Waals surface area contributed by atoms with Crippen LogP contribution < -0.4 is 10.5 Å². The average Bonchev–Trinajstić information content (AvgIpc) is 2.51. The summed E-state index contributed by atoms with van der Waals surface area (Å²) in [7, 11) is 0. The van der Waals surface area contributed by atoms with Gasteiger partial charge in [0.05, 0.1) is 17.9 Å². The molecule has 0 saturated heterocycles. The summed E-state index contributed by atoms with van der Waals surface area (Å²) >= 11 is 5.77. The Morgan fingerprint density at radius 1 is 1.20 bits per heavy atom. The summed E-state index contributed by atoms with van der Waals surface area (Å²) < 4.78 is 45.6. The summed E-state index contributed by atoms with van der Waals surface area (Å²) in [6.07, 6.45) is -2.68. The molecule has 136 valence electrons. The molecule has 1 heterocycles. The molecule has 0 radical (unpaired) electrons. The molecule has 2 rings (SSSR count). The third-order valence-corrected chi connectivity index (χ3v) is 3.72. The smallest absolute Gasteiger partial charge is 0.419 e. The van der Waals surface area contributed by atoms with Gasteiger partial charge in [0.15, 0.2) is 0 Å². The lowest BCUT2D eigenvalue weighted by Crippen LogP contribution is -2.22. The van der Waals surface area contributed by atoms with Gasteiger partial charge in [-0.2, -0.15) is 13.2 Å². The second-order valence-corrected chi connectivity index (χ2v) is 6.45. The van der Waals surface area contributed by atoms with Crippen LogP contribution in [0.15, 0.2) is 30.6 Å². The van der Waals surface area contributed by atoms with Gasteiger partial charge in [-0.25, -0.2) is 9.97 Å². The van der Waals surface area contributed by atoms with Crippen LogP contribution in [0.1, 0.15) is 25.8 Å². The summed E-state index contributed by atoms with van der Waals surface area (Å²) in [5.41, 5.74) is 5.44. The van der Waals surface area contributed by atoms with Crippen molar-refractivity contribution in [3.63, 3.8) is 0 Å². The monoisotopic (exact) mass is 373 g/mol. The van der Waals surface area contributed by atoms with E-state index < -0.39 is 11.7 Å². The highest BCUT2D eigenvalue weighted by atomic mass is 35.5. The Hall–Kier alpha value is -1.86. The zero-order valence-electron chi connectivity index (χ0n) is 13.8. The Kier molecular flexibility index (Phi) is 6.24. The molecule has 0 fully saturated rings. The number of hydrogen-bond donors (Lipinski definition) is 1. The van der Waals surface area contributed by atoms with Crippen molar-refractivity contribution < 1.29 is 17.9 Å². The maximum absolute atomic E-state index is 13.4. The van der Waals surface area contributed by atoms with Crippen LogP contribution in [0, 0.1) is 5.92 Å². The largest absolute Gasteiger partial charge is 0.493 e. The lowest BCUT2D eigenvalue weighted by atomic mass is 10.0. The first-order valence-electron chi connectivity index (χ1n) is 7.74. The number of rotatable bonds is 6. The Labute approximate surface area is 149 Å². The number of halogens is 4. The minimum Gasteiger partial charge on any atom is -0.493 e. The quantitative estimate of drug-likeness (QED) is 0.753. The molecular formula is C17H19ClF3N3O. The number of nitrogens with two attached hydrogens (primary N) is 1. The van der Waals surface area contributed by atoms with Gasteiger partial charge in [-0.15, -0.1) is 0 Å². The van der Waals surface area contributed by atoms with Crippen molar-refractivity contribution in [3.05, 3.63) is 41.3 Å². The Morgan fingerprint density at radius 2 is 1.92 bits per heavy atom. The van der Waals surface area contributed by atoms with Crippen LogP contribution in [0.4, 0.5) is 13.2 Å². The van der Waals surface area contributed by atoms with E-state index >= 15 is 0 Å². The molecule has 1 aromatic carbocycles. The van der Waals surface area contributed by atoms with E-state index in [2.05, 4.69) is 9.97 Å². The molecule has 0 amide bonds. The minimum absolute atomic E-state index is 0.0365. The molecule has 0 aliphatic heterocycles. The van der Waals surface area contributed by atoms with E-state index in [0.29, 0.717) is 12.1 Å². The number of hydrogen-bond acceptors (Lipinski definition) is 4. The highest BCUT2D eigenvalue weighted by Crippen LogP contribution is 2.38.